The molecule has 64 valence electrons. The van der Waals surface area contributed by atoms with Crippen molar-refractivity contribution < 1.29 is 9.90 Å². The van der Waals surface area contributed by atoms with E-state index < -0.39 is 6.23 Å². The summed E-state index contributed by atoms with van der Waals surface area (Å²) in [6.45, 7) is 4.07. The van der Waals surface area contributed by atoms with Gasteiger partial charge in [-0.15, -0.1) is 0 Å². The molecule has 0 bridgehead atoms. The van der Waals surface area contributed by atoms with Crippen molar-refractivity contribution in [1.29, 1.82) is 0 Å². The Morgan fingerprint density at radius 3 is 3.09 bits per heavy atom. The van der Waals surface area contributed by atoms with Crippen molar-refractivity contribution in [2.75, 3.05) is 26.2 Å². The van der Waals surface area contributed by atoms with Crippen LogP contribution in [0.15, 0.2) is 0 Å². The van der Waals surface area contributed by atoms with E-state index in [1.807, 2.05) is 0 Å². The van der Waals surface area contributed by atoms with Crippen LogP contribution >= 0.6 is 0 Å². The lowest BCUT2D eigenvalue weighted by molar-refractivity contribution is -0.121. The number of ketones is 1. The second-order valence-electron chi connectivity index (χ2n) is 2.86. The number of carbonyl (C=O) groups excluding carboxylic acids is 1. The Kier molecular flexibility index (Phi) is 2.99. The zero-order valence-corrected chi connectivity index (χ0v) is 6.71. The lowest BCUT2D eigenvalue weighted by Gasteiger charge is -2.31. The predicted molar refractivity (Wildman–Crippen MR) is 41.1 cm³/mol. The fourth-order valence-electron chi connectivity index (χ4n) is 1.20. The van der Waals surface area contributed by atoms with Gasteiger partial charge in [0.05, 0.1) is 6.54 Å². The maximum Gasteiger partial charge on any atom is 0.143 e. The highest BCUT2D eigenvalue weighted by atomic mass is 16.3. The molecule has 1 aliphatic rings. The summed E-state index contributed by atoms with van der Waals surface area (Å²) in [6, 6.07) is 0. The lowest BCUT2D eigenvalue weighted by Crippen LogP contribution is -2.52. The van der Waals surface area contributed by atoms with Crippen LogP contribution in [-0.4, -0.2) is 48.2 Å². The molecule has 1 heterocycles. The van der Waals surface area contributed by atoms with E-state index in [-0.39, 0.29) is 5.78 Å². The van der Waals surface area contributed by atoms with Crippen molar-refractivity contribution in [2.45, 2.75) is 13.2 Å². The summed E-state index contributed by atoms with van der Waals surface area (Å²) in [5.41, 5.74) is 0. The van der Waals surface area contributed by atoms with E-state index in [2.05, 4.69) is 5.32 Å². The number of carbonyl (C=O) groups is 1. The van der Waals surface area contributed by atoms with Gasteiger partial charge in [0.2, 0.25) is 0 Å². The molecule has 4 nitrogen and oxygen atoms in total. The van der Waals surface area contributed by atoms with E-state index >= 15 is 0 Å². The Hall–Kier alpha value is -0.450. The largest absolute Gasteiger partial charge is 0.377 e. The van der Waals surface area contributed by atoms with Crippen LogP contribution in [-0.2, 0) is 4.79 Å². The van der Waals surface area contributed by atoms with Gasteiger partial charge in [-0.3, -0.25) is 9.69 Å². The molecular formula is C7H14N2O2. The van der Waals surface area contributed by atoms with Gasteiger partial charge in [-0.25, -0.2) is 0 Å². The first-order valence-electron chi connectivity index (χ1n) is 3.82. The summed E-state index contributed by atoms with van der Waals surface area (Å²) in [5, 5.41) is 12.4. The first kappa shape index (κ1) is 8.64. The number of nitrogens with one attached hydrogen (secondary N) is 1. The molecule has 1 saturated heterocycles. The average Bonchev–Trinajstić information content (AvgIpc) is 1.93. The number of aliphatic hydroxyl groups is 1. The summed E-state index contributed by atoms with van der Waals surface area (Å²) in [6.07, 6.45) is -0.493. The van der Waals surface area contributed by atoms with E-state index in [1.54, 1.807) is 4.90 Å². The zero-order valence-electron chi connectivity index (χ0n) is 6.71. The Bertz CT molecular complexity index is 149. The number of Topliss-reactive ketones (excluding diaryl/α,β-unsaturated/α-hetero) is 1. The molecule has 1 fully saturated rings. The molecule has 0 saturated carbocycles. The minimum Gasteiger partial charge on any atom is -0.377 e. The van der Waals surface area contributed by atoms with Crippen molar-refractivity contribution in [3.63, 3.8) is 0 Å². The fourth-order valence-corrected chi connectivity index (χ4v) is 1.20. The van der Waals surface area contributed by atoms with Gasteiger partial charge in [0, 0.05) is 19.6 Å². The van der Waals surface area contributed by atoms with Gasteiger partial charge in [-0.1, -0.05) is 0 Å². The number of β-amino-alcohol motifs (C(OH)–C–C–N with tert-alkyl or cyclic N) is 1. The lowest BCUT2D eigenvalue weighted by atomic mass is 10.3. The Morgan fingerprint density at radius 2 is 2.55 bits per heavy atom. The van der Waals surface area contributed by atoms with Gasteiger partial charge < -0.3 is 10.4 Å². The van der Waals surface area contributed by atoms with Crippen LogP contribution in [0.4, 0.5) is 0 Å². The minimum atomic E-state index is -0.493. The summed E-state index contributed by atoms with van der Waals surface area (Å²) in [7, 11) is 0. The van der Waals surface area contributed by atoms with Gasteiger partial charge in [0.1, 0.15) is 12.0 Å². The van der Waals surface area contributed by atoms with E-state index in [1.165, 1.54) is 6.92 Å². The molecule has 2 N–H and O–H groups in total. The van der Waals surface area contributed by atoms with Crippen molar-refractivity contribution in [3.8, 4) is 0 Å². The first-order chi connectivity index (χ1) is 5.20. The molecule has 0 aliphatic carbocycles. The maximum atomic E-state index is 10.7. The quantitative estimate of drug-likeness (QED) is 0.530. The number of aliphatic hydroxyl groups excluding tert-OH is 1. The molecule has 1 rings (SSSR count). The Morgan fingerprint density at radius 1 is 1.82 bits per heavy atom. The fraction of sp³-hybridized carbons (Fsp3) is 0.857. The molecule has 11 heavy (non-hydrogen) atoms. The summed E-state index contributed by atoms with van der Waals surface area (Å²) >= 11 is 0. The van der Waals surface area contributed by atoms with Crippen LogP contribution in [0.1, 0.15) is 6.92 Å². The van der Waals surface area contributed by atoms with Gasteiger partial charge in [0.15, 0.2) is 0 Å². The van der Waals surface area contributed by atoms with E-state index in [9.17, 15) is 9.90 Å². The molecule has 1 aliphatic heterocycles. The van der Waals surface area contributed by atoms with Crippen LogP contribution in [0.25, 0.3) is 0 Å². The molecule has 0 amide bonds. The molecule has 4 heteroatoms. The van der Waals surface area contributed by atoms with Gasteiger partial charge in [-0.2, -0.15) is 0 Å². The molecule has 0 radical (unpaired) electrons. The topological polar surface area (TPSA) is 52.6 Å². The first-order valence-corrected chi connectivity index (χ1v) is 3.82. The predicted octanol–water partition coefficient (Wildman–Crippen LogP) is -1.20. The van der Waals surface area contributed by atoms with Crippen LogP contribution in [0, 0.1) is 0 Å². The Labute approximate surface area is 66.2 Å². The highest BCUT2D eigenvalue weighted by Gasteiger charge is 2.19. The third-order valence-corrected chi connectivity index (χ3v) is 1.75. The molecule has 0 aromatic rings. The third kappa shape index (κ3) is 2.57. The SMILES string of the molecule is CC(=O)CN1CCNC[C@@H]1O. The van der Waals surface area contributed by atoms with Crippen LogP contribution in [0.5, 0.6) is 0 Å². The van der Waals surface area contributed by atoms with Crippen LogP contribution in [0.3, 0.4) is 0 Å². The number of rotatable bonds is 2. The second kappa shape index (κ2) is 3.80. The Balaban J connectivity index is 2.35. The second-order valence-corrected chi connectivity index (χ2v) is 2.86. The van der Waals surface area contributed by atoms with Crippen molar-refractivity contribution in [2.24, 2.45) is 0 Å². The summed E-state index contributed by atoms with van der Waals surface area (Å²) < 4.78 is 0. The van der Waals surface area contributed by atoms with Gasteiger partial charge in [0.25, 0.3) is 0 Å². The number of nitrogens with zero attached hydrogens (tertiary/aromatic N) is 1. The average molecular weight is 158 g/mol. The summed E-state index contributed by atoms with van der Waals surface area (Å²) in [4.78, 5) is 12.5. The molecule has 0 aromatic heterocycles. The number of piperazine rings is 1. The normalized spacial score (nSPS) is 26.9. The third-order valence-electron chi connectivity index (χ3n) is 1.75. The number of hydrogen-bond acceptors (Lipinski definition) is 4. The van der Waals surface area contributed by atoms with E-state index in [4.69, 9.17) is 0 Å². The van der Waals surface area contributed by atoms with Crippen molar-refractivity contribution in [1.82, 2.24) is 10.2 Å². The van der Waals surface area contributed by atoms with Gasteiger partial charge in [-0.05, 0) is 6.92 Å². The molecule has 1 atom stereocenters. The highest BCUT2D eigenvalue weighted by molar-refractivity contribution is 5.77. The minimum absolute atomic E-state index is 0.103. The smallest absolute Gasteiger partial charge is 0.143 e. The highest BCUT2D eigenvalue weighted by Crippen LogP contribution is 1.98. The van der Waals surface area contributed by atoms with Crippen LogP contribution in [0.2, 0.25) is 0 Å². The summed E-state index contributed by atoms with van der Waals surface area (Å²) in [5.74, 6) is 0.103. The number of hydrogen-bond donors (Lipinski definition) is 2. The van der Waals surface area contributed by atoms with E-state index in [0.29, 0.717) is 13.1 Å². The van der Waals surface area contributed by atoms with Gasteiger partial charge >= 0.3 is 0 Å². The molecule has 0 unspecified atom stereocenters. The van der Waals surface area contributed by atoms with E-state index in [0.717, 1.165) is 13.1 Å². The molecular weight excluding hydrogens is 144 g/mol. The standard InChI is InChI=1S/C7H14N2O2/c1-6(10)5-9-3-2-8-4-7(9)11/h7-8,11H,2-5H2,1H3/t7-/m0/s1. The zero-order chi connectivity index (χ0) is 8.27. The van der Waals surface area contributed by atoms with Crippen LogP contribution < -0.4 is 5.32 Å². The van der Waals surface area contributed by atoms with Crippen molar-refractivity contribution in [3.05, 3.63) is 0 Å². The molecule has 0 spiro atoms. The monoisotopic (exact) mass is 158 g/mol. The molecule has 0 aromatic carbocycles. The maximum absolute atomic E-state index is 10.7. The van der Waals surface area contributed by atoms with Crippen molar-refractivity contribution >= 4 is 5.78 Å².